The van der Waals surface area contributed by atoms with Gasteiger partial charge in [0.1, 0.15) is 11.8 Å². The molecule has 0 spiro atoms. The zero-order chi connectivity index (χ0) is 19.2. The van der Waals surface area contributed by atoms with Gasteiger partial charge in [-0.2, -0.15) is 4.31 Å². The Morgan fingerprint density at radius 2 is 2.04 bits per heavy atom. The number of hydrogen-bond acceptors (Lipinski definition) is 7. The molecule has 1 aliphatic heterocycles. The molecule has 0 radical (unpaired) electrons. The Bertz CT molecular complexity index is 725. The summed E-state index contributed by atoms with van der Waals surface area (Å²) in [6.07, 6.45) is 0. The Labute approximate surface area is 165 Å². The zero-order valence-corrected chi connectivity index (χ0v) is 17.0. The molecule has 1 aromatic rings. The highest BCUT2D eigenvalue weighted by Crippen LogP contribution is 2.29. The Balaban J connectivity index is 0.00000364. The van der Waals surface area contributed by atoms with Crippen LogP contribution < -0.4 is 15.8 Å². The van der Waals surface area contributed by atoms with Crippen LogP contribution in [0.5, 0.6) is 5.75 Å². The first-order chi connectivity index (χ1) is 12.4. The molecule has 0 bridgehead atoms. The van der Waals surface area contributed by atoms with Gasteiger partial charge in [-0.3, -0.25) is 4.79 Å². The summed E-state index contributed by atoms with van der Waals surface area (Å²) in [4.78, 5) is 12.2. The number of carbonyl (C=O) groups excluding carboxylic acids is 1. The third-order valence-corrected chi connectivity index (χ3v) is 5.69. The van der Waals surface area contributed by atoms with Crippen molar-refractivity contribution in [3.8, 4) is 5.75 Å². The fraction of sp³-hybridized carbons (Fsp3) is 0.562. The number of halogens is 1. The molecule has 2 rings (SSSR count). The maximum atomic E-state index is 12.8. The van der Waals surface area contributed by atoms with Crippen molar-refractivity contribution >= 4 is 34.0 Å². The standard InChI is InChI=1S/C16H25N3O6S.ClH/c1-3-25-15-5-4-12(26(21,22)19-6-8-24-9-7-19)10-14(15)18-16(20)13(17)11-23-2;/h4-5,10,13H,3,6-9,11,17H2,1-2H3,(H,18,20);1H. The van der Waals surface area contributed by atoms with Crippen molar-refractivity contribution in [2.24, 2.45) is 5.73 Å². The van der Waals surface area contributed by atoms with Crippen molar-refractivity contribution < 1.29 is 27.4 Å². The van der Waals surface area contributed by atoms with E-state index >= 15 is 0 Å². The van der Waals surface area contributed by atoms with Gasteiger partial charge in [0.25, 0.3) is 0 Å². The highest BCUT2D eigenvalue weighted by atomic mass is 35.5. The number of sulfonamides is 1. The molecule has 1 unspecified atom stereocenters. The number of amides is 1. The van der Waals surface area contributed by atoms with Crippen molar-refractivity contribution in [2.75, 3.05) is 51.9 Å². The van der Waals surface area contributed by atoms with Gasteiger partial charge in [0.05, 0.1) is 37.0 Å². The number of benzene rings is 1. The summed E-state index contributed by atoms with van der Waals surface area (Å²) in [5.41, 5.74) is 5.97. The molecular weight excluding hydrogens is 398 g/mol. The molecule has 154 valence electrons. The van der Waals surface area contributed by atoms with E-state index in [9.17, 15) is 13.2 Å². The predicted molar refractivity (Wildman–Crippen MR) is 103 cm³/mol. The molecule has 1 amide bonds. The van der Waals surface area contributed by atoms with Gasteiger partial charge in [-0.25, -0.2) is 8.42 Å². The molecule has 9 nitrogen and oxygen atoms in total. The van der Waals surface area contributed by atoms with Gasteiger partial charge in [0.15, 0.2) is 0 Å². The second-order valence-electron chi connectivity index (χ2n) is 5.66. The van der Waals surface area contributed by atoms with Crippen LogP contribution in [0.25, 0.3) is 0 Å². The predicted octanol–water partition coefficient (Wildman–Crippen LogP) is 0.440. The lowest BCUT2D eigenvalue weighted by Gasteiger charge is -2.26. The van der Waals surface area contributed by atoms with Gasteiger partial charge >= 0.3 is 0 Å². The van der Waals surface area contributed by atoms with E-state index < -0.39 is 22.0 Å². The van der Waals surface area contributed by atoms with Gasteiger partial charge < -0.3 is 25.3 Å². The Hall–Kier alpha value is -1.43. The topological polar surface area (TPSA) is 120 Å². The van der Waals surface area contributed by atoms with E-state index in [2.05, 4.69) is 5.32 Å². The van der Waals surface area contributed by atoms with E-state index in [0.29, 0.717) is 25.6 Å². The number of hydrogen-bond donors (Lipinski definition) is 2. The van der Waals surface area contributed by atoms with E-state index in [0.717, 1.165) is 0 Å². The molecule has 1 atom stereocenters. The smallest absolute Gasteiger partial charge is 0.243 e. The second kappa shape index (κ2) is 10.8. The van der Waals surface area contributed by atoms with E-state index in [1.165, 1.54) is 29.6 Å². The molecule has 1 aromatic carbocycles. The average Bonchev–Trinajstić information content (AvgIpc) is 2.64. The van der Waals surface area contributed by atoms with Gasteiger partial charge in [-0.15, -0.1) is 12.4 Å². The van der Waals surface area contributed by atoms with Crippen LogP contribution in [-0.2, 0) is 24.3 Å². The summed E-state index contributed by atoms with van der Waals surface area (Å²) in [7, 11) is -2.25. The normalized spacial score (nSPS) is 16.3. The van der Waals surface area contributed by atoms with E-state index in [1.54, 1.807) is 6.92 Å². The average molecular weight is 424 g/mol. The molecule has 11 heteroatoms. The molecule has 0 saturated carbocycles. The molecule has 1 heterocycles. The third kappa shape index (κ3) is 6.03. The van der Waals surface area contributed by atoms with Crippen molar-refractivity contribution in [2.45, 2.75) is 17.9 Å². The molecule has 1 fully saturated rings. The Kier molecular flexibility index (Phi) is 9.43. The number of rotatable bonds is 8. The van der Waals surface area contributed by atoms with Gasteiger partial charge in [-0.05, 0) is 25.1 Å². The van der Waals surface area contributed by atoms with Crippen LogP contribution in [-0.4, -0.2) is 71.3 Å². The molecule has 0 aliphatic carbocycles. The summed E-state index contributed by atoms with van der Waals surface area (Å²) >= 11 is 0. The minimum absolute atomic E-state index is 0. The highest BCUT2D eigenvalue weighted by Gasteiger charge is 2.27. The first-order valence-corrected chi connectivity index (χ1v) is 9.74. The lowest BCUT2D eigenvalue weighted by atomic mass is 10.2. The number of nitrogens with two attached hydrogens (primary N) is 1. The SMILES string of the molecule is CCOc1ccc(S(=O)(=O)N2CCOCC2)cc1NC(=O)C(N)COC.Cl. The van der Waals surface area contributed by atoms with Gasteiger partial charge in [0.2, 0.25) is 15.9 Å². The Morgan fingerprint density at radius 3 is 2.63 bits per heavy atom. The van der Waals surface area contributed by atoms with Crippen LogP contribution in [0.2, 0.25) is 0 Å². The quantitative estimate of drug-likeness (QED) is 0.622. The maximum Gasteiger partial charge on any atom is 0.243 e. The number of anilines is 1. The summed E-state index contributed by atoms with van der Waals surface area (Å²) < 4.78 is 42.5. The minimum atomic E-state index is -3.69. The number of ether oxygens (including phenoxy) is 3. The van der Waals surface area contributed by atoms with Crippen LogP contribution in [0.3, 0.4) is 0 Å². The van der Waals surface area contributed by atoms with E-state index in [4.69, 9.17) is 19.9 Å². The molecule has 1 saturated heterocycles. The molecule has 0 aromatic heterocycles. The summed E-state index contributed by atoms with van der Waals surface area (Å²) in [5, 5.41) is 2.62. The minimum Gasteiger partial charge on any atom is -0.492 e. The number of carbonyl (C=O) groups is 1. The fourth-order valence-electron chi connectivity index (χ4n) is 2.47. The fourth-order valence-corrected chi connectivity index (χ4v) is 3.90. The second-order valence-corrected chi connectivity index (χ2v) is 7.60. The van der Waals surface area contributed by atoms with Crippen LogP contribution in [0.4, 0.5) is 5.69 Å². The molecule has 27 heavy (non-hydrogen) atoms. The molecule has 3 N–H and O–H groups in total. The van der Waals surface area contributed by atoms with Crippen molar-refractivity contribution in [3.05, 3.63) is 18.2 Å². The van der Waals surface area contributed by atoms with E-state index in [-0.39, 0.29) is 42.7 Å². The number of nitrogens with one attached hydrogen (secondary N) is 1. The van der Waals surface area contributed by atoms with Crippen molar-refractivity contribution in [1.29, 1.82) is 0 Å². The largest absolute Gasteiger partial charge is 0.492 e. The maximum absolute atomic E-state index is 12.8. The lowest BCUT2D eigenvalue weighted by molar-refractivity contribution is -0.118. The van der Waals surface area contributed by atoms with Crippen LogP contribution >= 0.6 is 12.4 Å². The first-order valence-electron chi connectivity index (χ1n) is 8.30. The van der Waals surface area contributed by atoms with E-state index in [1.807, 2.05) is 0 Å². The molecule has 1 aliphatic rings. The van der Waals surface area contributed by atoms with Crippen molar-refractivity contribution in [3.63, 3.8) is 0 Å². The van der Waals surface area contributed by atoms with Crippen LogP contribution in [0.1, 0.15) is 6.92 Å². The van der Waals surface area contributed by atoms with Crippen molar-refractivity contribution in [1.82, 2.24) is 4.31 Å². The summed E-state index contributed by atoms with van der Waals surface area (Å²) in [5.74, 6) is -0.125. The first kappa shape index (κ1) is 23.6. The monoisotopic (exact) mass is 423 g/mol. The van der Waals surface area contributed by atoms with Gasteiger partial charge in [0, 0.05) is 20.2 Å². The van der Waals surface area contributed by atoms with Gasteiger partial charge in [-0.1, -0.05) is 0 Å². The summed E-state index contributed by atoms with van der Waals surface area (Å²) in [6.45, 7) is 3.48. The third-order valence-electron chi connectivity index (χ3n) is 3.80. The molecular formula is C16H26ClN3O6S. The van der Waals surface area contributed by atoms with Crippen LogP contribution in [0.15, 0.2) is 23.1 Å². The highest BCUT2D eigenvalue weighted by molar-refractivity contribution is 7.89. The number of nitrogens with zero attached hydrogens (tertiary/aromatic N) is 1. The number of methoxy groups -OCH3 is 1. The number of morpholine rings is 1. The Morgan fingerprint density at radius 1 is 1.37 bits per heavy atom. The zero-order valence-electron chi connectivity index (χ0n) is 15.3. The lowest BCUT2D eigenvalue weighted by Crippen LogP contribution is -2.41. The van der Waals surface area contributed by atoms with Crippen LogP contribution in [0, 0.1) is 0 Å². The summed E-state index contributed by atoms with van der Waals surface area (Å²) in [6, 6.07) is 3.48.